The molecule has 0 aliphatic heterocycles. The molecule has 0 unspecified atom stereocenters. The predicted octanol–water partition coefficient (Wildman–Crippen LogP) is 12.5. The molecule has 8 heteroatoms. The van der Waals surface area contributed by atoms with E-state index in [1.165, 1.54) is 31.5 Å². The van der Waals surface area contributed by atoms with Gasteiger partial charge in [0, 0.05) is 38.9 Å². The minimum atomic E-state index is -2.91. The van der Waals surface area contributed by atoms with E-state index in [0.29, 0.717) is 11.6 Å². The molecule has 0 spiro atoms. The fourth-order valence-corrected chi connectivity index (χ4v) is 16.6. The van der Waals surface area contributed by atoms with Crippen molar-refractivity contribution >= 4 is 100 Å². The molecule has 0 saturated carbocycles. The summed E-state index contributed by atoms with van der Waals surface area (Å²) >= 11 is 0. The molecule has 0 atom stereocenters. The van der Waals surface area contributed by atoms with Crippen LogP contribution in [-0.4, -0.2) is 41.1 Å². The number of hydrogen-bond donors (Lipinski definition) is 0. The molecule has 5 heterocycles. The van der Waals surface area contributed by atoms with Gasteiger partial charge in [-0.1, -0.05) is 194 Å². The highest BCUT2D eigenvalue weighted by atomic mass is 28.3. The summed E-state index contributed by atoms with van der Waals surface area (Å²) in [7, 11) is -2.91. The van der Waals surface area contributed by atoms with Crippen molar-refractivity contribution < 1.29 is 0 Å². The van der Waals surface area contributed by atoms with Crippen molar-refractivity contribution in [2.45, 2.75) is 0 Å². The molecule has 15 rings (SSSR count). The second-order valence-corrected chi connectivity index (χ2v) is 22.6. The molecule has 0 saturated heterocycles. The maximum absolute atomic E-state index is 5.63. The van der Waals surface area contributed by atoms with E-state index in [4.69, 9.17) is 15.0 Å². The van der Waals surface area contributed by atoms with Crippen LogP contribution in [0.3, 0.4) is 0 Å². The number of rotatable bonds is 8. The highest BCUT2D eigenvalue weighted by molar-refractivity contribution is 7.20. The van der Waals surface area contributed by atoms with Crippen molar-refractivity contribution in [3.05, 3.63) is 261 Å². The Balaban J connectivity index is 1.03. The predicted molar refractivity (Wildman–Crippen MR) is 303 cm³/mol. The second-order valence-electron chi connectivity index (χ2n) is 18.8. The van der Waals surface area contributed by atoms with Crippen LogP contribution in [0.25, 0.3) is 100 Å². The van der Waals surface area contributed by atoms with E-state index >= 15 is 0 Å². The van der Waals surface area contributed by atoms with E-state index in [9.17, 15) is 0 Å². The zero-order valence-corrected chi connectivity index (χ0v) is 40.5. The summed E-state index contributed by atoms with van der Waals surface area (Å²) in [4.78, 5) is 16.7. The highest BCUT2D eigenvalue weighted by Gasteiger charge is 2.42. The summed E-state index contributed by atoms with van der Waals surface area (Å²) in [6, 6.07) is 94.2. The lowest BCUT2D eigenvalue weighted by atomic mass is 10.1. The van der Waals surface area contributed by atoms with Crippen LogP contribution >= 0.6 is 0 Å². The Kier molecular flexibility index (Phi) is 9.14. The van der Waals surface area contributed by atoms with Crippen LogP contribution in [0.4, 0.5) is 0 Å². The molecular formula is C65H43N7Si. The standard InChI is InChI=1S/C65H43N7Si/c1-4-23-46(24-5-1)73(47-25-6-2-7-26-47,48-27-8-3-9-28-48)49-39-40-60-61(42-49)71-59-38-19-14-33-54(59)66-65(71)72(60)63-43-62(70-57-36-17-12-31-52(57)53-32-13-18-37-58(53)70)67-64(68-63)44-21-20-22-45(41-44)69-55-34-15-10-29-50(55)51-30-11-16-35-56(51)69/h1-43H. The number of para-hydroxylation sites is 6. The van der Waals surface area contributed by atoms with Crippen molar-refractivity contribution in [3.8, 4) is 28.7 Å². The Hall–Kier alpha value is -9.63. The summed E-state index contributed by atoms with van der Waals surface area (Å²) in [5.41, 5.74) is 10.3. The lowest BCUT2D eigenvalue weighted by Gasteiger charge is -2.34. The number of imidazole rings is 2. The van der Waals surface area contributed by atoms with Gasteiger partial charge in [-0.3, -0.25) is 13.5 Å². The Morgan fingerprint density at radius 3 is 1.30 bits per heavy atom. The molecule has 73 heavy (non-hydrogen) atoms. The lowest BCUT2D eigenvalue weighted by Crippen LogP contribution is -2.74. The minimum Gasteiger partial charge on any atom is -0.309 e. The average molecular weight is 950 g/mol. The van der Waals surface area contributed by atoms with Crippen LogP contribution in [0.15, 0.2) is 261 Å². The van der Waals surface area contributed by atoms with Gasteiger partial charge in [0.2, 0.25) is 5.78 Å². The smallest absolute Gasteiger partial charge is 0.221 e. The third-order valence-corrected chi connectivity index (χ3v) is 19.7. The quantitative estimate of drug-likeness (QED) is 0.113. The van der Waals surface area contributed by atoms with Crippen LogP contribution in [0.1, 0.15) is 0 Å². The highest BCUT2D eigenvalue weighted by Crippen LogP contribution is 2.37. The molecule has 7 nitrogen and oxygen atoms in total. The molecule has 0 fully saturated rings. The monoisotopic (exact) mass is 949 g/mol. The minimum absolute atomic E-state index is 0.605. The van der Waals surface area contributed by atoms with Crippen LogP contribution in [-0.2, 0) is 0 Å². The Bertz CT molecular complexity index is 4420. The first-order valence-electron chi connectivity index (χ1n) is 24.8. The third kappa shape index (κ3) is 6.14. The first kappa shape index (κ1) is 41.2. The average Bonchev–Trinajstić information content (AvgIpc) is 4.20. The molecule has 0 radical (unpaired) electrons. The molecule has 0 amide bonds. The maximum Gasteiger partial charge on any atom is 0.221 e. The van der Waals surface area contributed by atoms with E-state index < -0.39 is 8.07 Å². The van der Waals surface area contributed by atoms with Gasteiger partial charge < -0.3 is 4.57 Å². The summed E-state index contributed by atoms with van der Waals surface area (Å²) in [5.74, 6) is 2.85. The molecule has 10 aromatic carbocycles. The normalized spacial score (nSPS) is 12.1. The van der Waals surface area contributed by atoms with Gasteiger partial charge in [0.25, 0.3) is 0 Å². The third-order valence-electron chi connectivity index (χ3n) is 14.9. The van der Waals surface area contributed by atoms with Gasteiger partial charge in [-0.25, -0.2) is 15.0 Å². The van der Waals surface area contributed by atoms with Crippen molar-refractivity contribution in [1.82, 2.24) is 33.1 Å². The maximum atomic E-state index is 5.63. The number of fused-ring (bicyclic) bond motifs is 11. The SMILES string of the molecule is c1ccc([Si](c2ccccc2)(c2ccccc2)c2ccc3c(c2)n2c4ccccc4nc2n3-c2cc(-n3c4ccccc4c4ccccc43)nc(-c3cccc(-n4c5ccccc5c5ccccc54)c3)n2)cc1. The Morgan fingerprint density at radius 2 is 0.753 bits per heavy atom. The largest absolute Gasteiger partial charge is 0.309 e. The Morgan fingerprint density at radius 1 is 0.288 bits per heavy atom. The zero-order chi connectivity index (χ0) is 48.0. The summed E-state index contributed by atoms with van der Waals surface area (Å²) in [6.45, 7) is 0. The fraction of sp³-hybridized carbons (Fsp3) is 0. The molecule has 0 bridgehead atoms. The molecular weight excluding hydrogens is 907 g/mol. The summed E-state index contributed by atoms with van der Waals surface area (Å²) < 4.78 is 9.22. The second kappa shape index (κ2) is 16.2. The summed E-state index contributed by atoms with van der Waals surface area (Å²) in [5, 5.41) is 9.98. The number of benzene rings is 10. The number of aromatic nitrogens is 7. The first-order chi connectivity index (χ1) is 36.2. The van der Waals surface area contributed by atoms with E-state index in [-0.39, 0.29) is 0 Å². The van der Waals surface area contributed by atoms with Gasteiger partial charge in [0.1, 0.15) is 11.6 Å². The topological polar surface area (TPSA) is 57.9 Å². The van der Waals surface area contributed by atoms with E-state index in [1.807, 2.05) is 0 Å². The van der Waals surface area contributed by atoms with Gasteiger partial charge in [0.05, 0.1) is 44.1 Å². The number of hydrogen-bond acceptors (Lipinski definition) is 3. The summed E-state index contributed by atoms with van der Waals surface area (Å²) in [6.07, 6.45) is 0. The molecule has 5 aromatic heterocycles. The lowest BCUT2D eigenvalue weighted by molar-refractivity contribution is 0.980. The van der Waals surface area contributed by atoms with Crippen LogP contribution < -0.4 is 20.7 Å². The Labute approximate surface area is 420 Å². The fourth-order valence-electron chi connectivity index (χ4n) is 11.9. The molecule has 0 aliphatic rings. The van der Waals surface area contributed by atoms with Crippen molar-refractivity contribution in [2.75, 3.05) is 0 Å². The number of nitrogens with zero attached hydrogens (tertiary/aromatic N) is 7. The molecule has 15 aromatic rings. The molecule has 0 N–H and O–H groups in total. The van der Waals surface area contributed by atoms with Crippen LogP contribution in [0.5, 0.6) is 0 Å². The van der Waals surface area contributed by atoms with Crippen molar-refractivity contribution in [2.24, 2.45) is 0 Å². The zero-order valence-electron chi connectivity index (χ0n) is 39.5. The molecule has 342 valence electrons. The van der Waals surface area contributed by atoms with Gasteiger partial charge >= 0.3 is 0 Å². The van der Waals surface area contributed by atoms with Gasteiger partial charge in [0.15, 0.2) is 13.9 Å². The van der Waals surface area contributed by atoms with Crippen LogP contribution in [0.2, 0.25) is 0 Å². The molecule has 0 aliphatic carbocycles. The van der Waals surface area contributed by atoms with Crippen LogP contribution in [0, 0.1) is 0 Å². The van der Waals surface area contributed by atoms with E-state index in [0.717, 1.165) is 77.8 Å². The van der Waals surface area contributed by atoms with Gasteiger partial charge in [-0.15, -0.1) is 0 Å². The van der Waals surface area contributed by atoms with Crippen molar-refractivity contribution in [1.29, 1.82) is 0 Å². The van der Waals surface area contributed by atoms with Gasteiger partial charge in [-0.2, -0.15) is 0 Å². The van der Waals surface area contributed by atoms with E-state index in [2.05, 4.69) is 279 Å². The van der Waals surface area contributed by atoms with E-state index in [1.54, 1.807) is 0 Å². The first-order valence-corrected chi connectivity index (χ1v) is 26.8. The van der Waals surface area contributed by atoms with Crippen molar-refractivity contribution in [3.63, 3.8) is 0 Å². The van der Waals surface area contributed by atoms with Gasteiger partial charge in [-0.05, 0) is 81.4 Å².